The predicted octanol–water partition coefficient (Wildman–Crippen LogP) is 0.331. The third-order valence-corrected chi connectivity index (χ3v) is 3.00. The molecule has 0 aromatic rings. The van der Waals surface area contributed by atoms with Gasteiger partial charge in [0.2, 0.25) is 0 Å². The summed E-state index contributed by atoms with van der Waals surface area (Å²) >= 11 is 0. The van der Waals surface area contributed by atoms with Gasteiger partial charge in [0.05, 0.1) is 5.75 Å². The third-order valence-electron chi connectivity index (χ3n) is 2.08. The van der Waals surface area contributed by atoms with Crippen LogP contribution < -0.4 is 0 Å². The van der Waals surface area contributed by atoms with Crippen molar-refractivity contribution >= 4 is 9.84 Å². The van der Waals surface area contributed by atoms with Crippen molar-refractivity contribution in [2.24, 2.45) is 0 Å². The van der Waals surface area contributed by atoms with E-state index in [-0.39, 0.29) is 0 Å². The first-order valence-electron chi connectivity index (χ1n) is 4.30. The van der Waals surface area contributed by atoms with Gasteiger partial charge in [0.15, 0.2) is 0 Å². The molecule has 12 heavy (non-hydrogen) atoms. The normalized spacial score (nSPS) is 21.1. The Morgan fingerprint density at radius 1 is 1.33 bits per heavy atom. The average Bonchev–Trinajstić information content (AvgIpc) is 2.02. The predicted molar refractivity (Wildman–Crippen MR) is 49.7 cm³/mol. The van der Waals surface area contributed by atoms with Crippen LogP contribution in [-0.4, -0.2) is 45.0 Å². The van der Waals surface area contributed by atoms with Crippen molar-refractivity contribution in [1.82, 2.24) is 4.90 Å². The van der Waals surface area contributed by atoms with Crippen LogP contribution >= 0.6 is 0 Å². The minimum atomic E-state index is -2.78. The summed E-state index contributed by atoms with van der Waals surface area (Å²) in [5.41, 5.74) is 0. The van der Waals surface area contributed by atoms with Crippen molar-refractivity contribution in [2.45, 2.75) is 12.8 Å². The third kappa shape index (κ3) is 4.07. The summed E-state index contributed by atoms with van der Waals surface area (Å²) in [5.74, 6) is 0.299. The Morgan fingerprint density at radius 3 is 2.42 bits per heavy atom. The van der Waals surface area contributed by atoms with E-state index >= 15 is 0 Å². The lowest BCUT2D eigenvalue weighted by Gasteiger charge is -2.25. The molecule has 1 aliphatic heterocycles. The fraction of sp³-hybridized carbons (Fsp3) is 0.875. The zero-order valence-corrected chi connectivity index (χ0v) is 8.31. The second-order valence-corrected chi connectivity index (χ2v) is 5.60. The lowest BCUT2D eigenvalue weighted by atomic mass is 10.1. The quantitative estimate of drug-likeness (QED) is 0.643. The molecule has 1 aliphatic rings. The molecule has 0 aliphatic carbocycles. The Balaban J connectivity index is 2.22. The Hall–Kier alpha value is -0.0900. The minimum absolute atomic E-state index is 0.299. The average molecular weight is 190 g/mol. The van der Waals surface area contributed by atoms with Crippen LogP contribution in [0.2, 0.25) is 0 Å². The molecule has 1 saturated heterocycles. The molecule has 0 atom stereocenters. The summed E-state index contributed by atoms with van der Waals surface area (Å²) in [6.07, 6.45) is 5.76. The van der Waals surface area contributed by atoms with E-state index in [1.165, 1.54) is 6.26 Å². The molecule has 0 aromatic heterocycles. The van der Waals surface area contributed by atoms with Crippen LogP contribution in [0, 0.1) is 6.42 Å². The standard InChI is InChI=1S/C8H16NO2S/c1-12(10,11)8-7-9-5-3-2-4-6-9/h2H,3-8H2,1H3. The van der Waals surface area contributed by atoms with Gasteiger partial charge < -0.3 is 4.90 Å². The zero-order valence-electron chi connectivity index (χ0n) is 7.49. The van der Waals surface area contributed by atoms with Crippen molar-refractivity contribution in [3.63, 3.8) is 0 Å². The number of hydrogen-bond donors (Lipinski definition) is 0. The Bertz CT molecular complexity index is 217. The minimum Gasteiger partial charge on any atom is -0.302 e. The van der Waals surface area contributed by atoms with E-state index in [2.05, 4.69) is 11.3 Å². The van der Waals surface area contributed by atoms with Crippen LogP contribution in [0.5, 0.6) is 0 Å². The smallest absolute Gasteiger partial charge is 0.148 e. The van der Waals surface area contributed by atoms with E-state index in [0.717, 1.165) is 25.9 Å². The van der Waals surface area contributed by atoms with E-state index in [4.69, 9.17) is 0 Å². The number of rotatable bonds is 3. The zero-order chi connectivity index (χ0) is 9.03. The van der Waals surface area contributed by atoms with Crippen LogP contribution in [-0.2, 0) is 9.84 Å². The maximum Gasteiger partial charge on any atom is 0.148 e. The first kappa shape index (κ1) is 9.99. The Labute approximate surface area is 74.7 Å². The molecule has 4 heteroatoms. The van der Waals surface area contributed by atoms with E-state index in [1.807, 2.05) is 0 Å². The Kier molecular flexibility index (Phi) is 3.53. The lowest BCUT2D eigenvalue weighted by molar-refractivity contribution is 0.268. The van der Waals surface area contributed by atoms with Gasteiger partial charge in [-0.05, 0) is 32.4 Å². The van der Waals surface area contributed by atoms with Gasteiger partial charge in [-0.15, -0.1) is 0 Å². The summed E-state index contributed by atoms with van der Waals surface area (Å²) < 4.78 is 21.7. The van der Waals surface area contributed by atoms with Gasteiger partial charge >= 0.3 is 0 Å². The SMILES string of the molecule is CS(=O)(=O)CCN1CC[CH]CC1. The molecule has 3 nitrogen and oxygen atoms in total. The van der Waals surface area contributed by atoms with E-state index in [9.17, 15) is 8.42 Å². The van der Waals surface area contributed by atoms with Crippen molar-refractivity contribution < 1.29 is 8.42 Å². The van der Waals surface area contributed by atoms with Gasteiger partial charge in [0.1, 0.15) is 9.84 Å². The van der Waals surface area contributed by atoms with Gasteiger partial charge in [-0.2, -0.15) is 0 Å². The molecule has 0 spiro atoms. The second-order valence-electron chi connectivity index (χ2n) is 3.34. The second kappa shape index (κ2) is 4.23. The molecule has 0 N–H and O–H groups in total. The number of nitrogens with zero attached hydrogens (tertiary/aromatic N) is 1. The molecule has 0 unspecified atom stereocenters. The van der Waals surface area contributed by atoms with Gasteiger partial charge in [0.25, 0.3) is 0 Å². The molecule has 1 radical (unpaired) electrons. The molecule has 0 saturated carbocycles. The number of hydrogen-bond acceptors (Lipinski definition) is 3. The molecule has 71 valence electrons. The van der Waals surface area contributed by atoms with Crippen molar-refractivity contribution in [3.8, 4) is 0 Å². The van der Waals surface area contributed by atoms with Crippen LogP contribution in [0.3, 0.4) is 0 Å². The van der Waals surface area contributed by atoms with Gasteiger partial charge in [-0.25, -0.2) is 8.42 Å². The molecule has 0 aromatic carbocycles. The van der Waals surface area contributed by atoms with Gasteiger partial charge in [-0.1, -0.05) is 0 Å². The van der Waals surface area contributed by atoms with E-state index < -0.39 is 9.84 Å². The molecule has 0 amide bonds. The molecule has 1 fully saturated rings. The van der Waals surface area contributed by atoms with Crippen molar-refractivity contribution in [3.05, 3.63) is 6.42 Å². The summed E-state index contributed by atoms with van der Waals surface area (Å²) in [4.78, 5) is 2.21. The topological polar surface area (TPSA) is 37.4 Å². The van der Waals surface area contributed by atoms with Gasteiger partial charge in [0, 0.05) is 12.8 Å². The lowest BCUT2D eigenvalue weighted by Crippen LogP contribution is -2.33. The molecular weight excluding hydrogens is 174 g/mol. The highest BCUT2D eigenvalue weighted by atomic mass is 32.2. The molecular formula is C8H16NO2S. The number of sulfone groups is 1. The first-order chi connectivity index (χ1) is 5.58. The highest BCUT2D eigenvalue weighted by Gasteiger charge is 2.11. The largest absolute Gasteiger partial charge is 0.302 e. The maximum atomic E-state index is 10.8. The maximum absolute atomic E-state index is 10.8. The fourth-order valence-corrected chi connectivity index (χ4v) is 1.91. The highest BCUT2D eigenvalue weighted by molar-refractivity contribution is 7.90. The van der Waals surface area contributed by atoms with Crippen LogP contribution in [0.25, 0.3) is 0 Å². The number of likely N-dealkylation sites (tertiary alicyclic amines) is 1. The molecule has 1 rings (SSSR count). The van der Waals surface area contributed by atoms with Crippen LogP contribution in [0.4, 0.5) is 0 Å². The summed E-state index contributed by atoms with van der Waals surface area (Å²) in [6, 6.07) is 0. The van der Waals surface area contributed by atoms with Crippen LogP contribution in [0.1, 0.15) is 12.8 Å². The summed E-state index contributed by atoms with van der Waals surface area (Å²) in [6.45, 7) is 2.75. The highest BCUT2D eigenvalue weighted by Crippen LogP contribution is 2.06. The van der Waals surface area contributed by atoms with Gasteiger partial charge in [-0.3, -0.25) is 0 Å². The molecule has 0 bridgehead atoms. The monoisotopic (exact) mass is 190 g/mol. The fourth-order valence-electron chi connectivity index (χ4n) is 1.32. The van der Waals surface area contributed by atoms with Crippen molar-refractivity contribution in [1.29, 1.82) is 0 Å². The van der Waals surface area contributed by atoms with E-state index in [1.54, 1.807) is 0 Å². The van der Waals surface area contributed by atoms with Crippen molar-refractivity contribution in [2.75, 3.05) is 31.6 Å². The molecule has 1 heterocycles. The van der Waals surface area contributed by atoms with Crippen LogP contribution in [0.15, 0.2) is 0 Å². The number of piperidine rings is 1. The van der Waals surface area contributed by atoms with E-state index in [0.29, 0.717) is 12.3 Å². The Morgan fingerprint density at radius 2 is 1.92 bits per heavy atom. The summed E-state index contributed by atoms with van der Waals surface area (Å²) in [7, 11) is -2.78. The summed E-state index contributed by atoms with van der Waals surface area (Å²) in [5, 5.41) is 0. The first-order valence-corrected chi connectivity index (χ1v) is 6.36.